The standard InChI is InChI=1S/C27H30N6O4/c1-2-25(35)30-19-4-3-5-20(15-19)33-23-11-6-17(16-28-18-7-9-21(34)10-8-18)14-22(23)31-27(33)32-26(36)24-12-13-29-37-24/h2-6,11-15,18,21,25,28,30,34-35H,1,7-10,16H2,(H,31,32,36)/t18-,21-,25?. The monoisotopic (exact) mass is 502 g/mol. The molecule has 2 aromatic carbocycles. The van der Waals surface area contributed by atoms with Gasteiger partial charge < -0.3 is 25.4 Å². The molecule has 37 heavy (non-hydrogen) atoms. The van der Waals surface area contributed by atoms with Gasteiger partial charge in [-0.1, -0.05) is 23.9 Å². The Labute approximate surface area is 214 Å². The smallest absolute Gasteiger partial charge is 0.296 e. The average molecular weight is 503 g/mol. The fraction of sp³-hybridized carbons (Fsp3) is 0.296. The molecular weight excluding hydrogens is 472 g/mol. The van der Waals surface area contributed by atoms with Gasteiger partial charge in [-0.25, -0.2) is 4.98 Å². The van der Waals surface area contributed by atoms with Gasteiger partial charge in [-0.3, -0.25) is 14.7 Å². The molecule has 1 aliphatic carbocycles. The Hall–Kier alpha value is -3.99. The van der Waals surface area contributed by atoms with Crippen LogP contribution in [0, 0.1) is 0 Å². The maximum absolute atomic E-state index is 12.8. The molecule has 0 aliphatic heterocycles. The number of hydrogen-bond acceptors (Lipinski definition) is 8. The number of amides is 1. The molecule has 0 radical (unpaired) electrons. The Bertz CT molecular complexity index is 1380. The van der Waals surface area contributed by atoms with E-state index >= 15 is 0 Å². The Morgan fingerprint density at radius 1 is 1.19 bits per heavy atom. The van der Waals surface area contributed by atoms with Crippen LogP contribution in [0.5, 0.6) is 0 Å². The van der Waals surface area contributed by atoms with Gasteiger partial charge >= 0.3 is 0 Å². The number of rotatable bonds is 9. The van der Waals surface area contributed by atoms with Crippen molar-refractivity contribution in [3.63, 3.8) is 0 Å². The van der Waals surface area contributed by atoms with E-state index in [-0.39, 0.29) is 11.9 Å². The van der Waals surface area contributed by atoms with Crippen LogP contribution in [0.2, 0.25) is 0 Å². The lowest BCUT2D eigenvalue weighted by atomic mass is 9.93. The normalized spacial score (nSPS) is 18.4. The lowest BCUT2D eigenvalue weighted by molar-refractivity contribution is 0.0987. The second-order valence-electron chi connectivity index (χ2n) is 9.19. The van der Waals surface area contributed by atoms with Crippen molar-refractivity contribution in [2.24, 2.45) is 0 Å². The van der Waals surface area contributed by atoms with E-state index in [0.717, 1.165) is 48.0 Å². The van der Waals surface area contributed by atoms with Gasteiger partial charge in [0.2, 0.25) is 11.7 Å². The molecule has 192 valence electrons. The van der Waals surface area contributed by atoms with Crippen LogP contribution in [0.15, 0.2) is 71.9 Å². The van der Waals surface area contributed by atoms with Crippen LogP contribution in [0.3, 0.4) is 0 Å². The molecule has 4 aromatic rings. The first kappa shape index (κ1) is 24.7. The zero-order valence-electron chi connectivity index (χ0n) is 20.3. The zero-order valence-corrected chi connectivity index (χ0v) is 20.3. The minimum Gasteiger partial charge on any atom is -0.393 e. The second kappa shape index (κ2) is 11.0. The SMILES string of the molecule is C=CC(O)Nc1cccc(-n2c(NC(=O)c3ccno3)nc3cc(CN[C@H]4CC[C@H](O)CC4)ccc32)c1. The van der Waals surface area contributed by atoms with E-state index < -0.39 is 12.1 Å². The third-order valence-electron chi connectivity index (χ3n) is 6.54. The molecule has 1 amide bonds. The van der Waals surface area contributed by atoms with Gasteiger partial charge in [0.1, 0.15) is 6.23 Å². The summed E-state index contributed by atoms with van der Waals surface area (Å²) in [6.45, 7) is 4.27. The maximum atomic E-state index is 12.8. The molecule has 1 unspecified atom stereocenters. The van der Waals surface area contributed by atoms with Crippen LogP contribution in [0.1, 0.15) is 41.8 Å². The number of nitrogens with one attached hydrogen (secondary N) is 3. The van der Waals surface area contributed by atoms with Crippen LogP contribution in [-0.2, 0) is 6.54 Å². The molecule has 1 saturated carbocycles. The second-order valence-corrected chi connectivity index (χ2v) is 9.19. The molecule has 10 heteroatoms. The number of imidazole rings is 1. The highest BCUT2D eigenvalue weighted by Crippen LogP contribution is 2.28. The summed E-state index contributed by atoms with van der Waals surface area (Å²) < 4.78 is 6.85. The Morgan fingerprint density at radius 3 is 2.78 bits per heavy atom. The van der Waals surface area contributed by atoms with Crippen LogP contribution in [-0.4, -0.2) is 49.2 Å². The van der Waals surface area contributed by atoms with Crippen LogP contribution in [0.25, 0.3) is 16.7 Å². The molecule has 1 fully saturated rings. The lowest BCUT2D eigenvalue weighted by Crippen LogP contribution is -2.34. The van der Waals surface area contributed by atoms with Crippen molar-refractivity contribution >= 4 is 28.6 Å². The molecular formula is C27H30N6O4. The first-order valence-corrected chi connectivity index (χ1v) is 12.3. The van der Waals surface area contributed by atoms with E-state index in [1.165, 1.54) is 18.3 Å². The van der Waals surface area contributed by atoms with E-state index in [1.54, 1.807) is 0 Å². The van der Waals surface area contributed by atoms with Gasteiger partial charge in [0.15, 0.2) is 0 Å². The molecule has 0 saturated heterocycles. The van der Waals surface area contributed by atoms with E-state index in [2.05, 4.69) is 27.7 Å². The number of fused-ring (bicyclic) bond motifs is 1. The summed E-state index contributed by atoms with van der Waals surface area (Å²) in [5.41, 5.74) is 4.01. The summed E-state index contributed by atoms with van der Waals surface area (Å²) in [5, 5.41) is 32.7. The number of aliphatic hydroxyl groups excluding tert-OH is 2. The van der Waals surface area contributed by atoms with E-state index in [0.29, 0.717) is 24.2 Å². The van der Waals surface area contributed by atoms with Crippen LogP contribution < -0.4 is 16.0 Å². The van der Waals surface area contributed by atoms with Crippen LogP contribution >= 0.6 is 0 Å². The predicted octanol–water partition coefficient (Wildman–Crippen LogP) is 3.58. The topological polar surface area (TPSA) is 137 Å². The summed E-state index contributed by atoms with van der Waals surface area (Å²) in [5.74, 6) is -0.0680. The highest BCUT2D eigenvalue weighted by molar-refractivity contribution is 6.02. The third-order valence-corrected chi connectivity index (χ3v) is 6.54. The number of carbonyl (C=O) groups excluding carboxylic acids is 1. The highest BCUT2D eigenvalue weighted by Gasteiger charge is 2.20. The van der Waals surface area contributed by atoms with E-state index in [4.69, 9.17) is 9.51 Å². The molecule has 2 heterocycles. The summed E-state index contributed by atoms with van der Waals surface area (Å²) in [6.07, 6.45) is 5.29. The fourth-order valence-corrected chi connectivity index (χ4v) is 4.58. The van der Waals surface area contributed by atoms with Gasteiger partial charge in [0, 0.05) is 24.3 Å². The van der Waals surface area contributed by atoms with Crippen molar-refractivity contribution in [3.05, 3.63) is 78.7 Å². The highest BCUT2D eigenvalue weighted by atomic mass is 16.5. The predicted molar refractivity (Wildman–Crippen MR) is 140 cm³/mol. The Kier molecular flexibility index (Phi) is 7.31. The van der Waals surface area contributed by atoms with Crippen molar-refractivity contribution in [2.45, 2.75) is 50.6 Å². The Balaban J connectivity index is 1.46. The third kappa shape index (κ3) is 5.72. The van der Waals surface area contributed by atoms with Crippen molar-refractivity contribution in [1.29, 1.82) is 0 Å². The average Bonchev–Trinajstić information content (AvgIpc) is 3.56. The molecule has 1 atom stereocenters. The van der Waals surface area contributed by atoms with Gasteiger partial charge in [-0.2, -0.15) is 0 Å². The molecule has 2 aromatic heterocycles. The number of aliphatic hydroxyl groups is 2. The summed E-state index contributed by atoms with van der Waals surface area (Å²) in [4.78, 5) is 17.5. The summed E-state index contributed by atoms with van der Waals surface area (Å²) in [6, 6.07) is 15.3. The summed E-state index contributed by atoms with van der Waals surface area (Å²) >= 11 is 0. The minimum absolute atomic E-state index is 0.0746. The van der Waals surface area contributed by atoms with Gasteiger partial charge in [0.25, 0.3) is 5.91 Å². The van der Waals surface area contributed by atoms with Gasteiger partial charge in [-0.15, -0.1) is 0 Å². The molecule has 5 rings (SSSR count). The first-order valence-electron chi connectivity index (χ1n) is 12.3. The molecule has 0 spiro atoms. The van der Waals surface area contributed by atoms with Crippen LogP contribution in [0.4, 0.5) is 11.6 Å². The number of nitrogens with zero attached hydrogens (tertiary/aromatic N) is 3. The molecule has 1 aliphatic rings. The Morgan fingerprint density at radius 2 is 2.03 bits per heavy atom. The minimum atomic E-state index is -0.900. The van der Waals surface area contributed by atoms with Crippen molar-refractivity contribution in [1.82, 2.24) is 20.0 Å². The quantitative estimate of drug-likeness (QED) is 0.173. The number of hydrogen-bond donors (Lipinski definition) is 5. The maximum Gasteiger partial charge on any atom is 0.296 e. The van der Waals surface area contributed by atoms with Gasteiger partial charge in [0.05, 0.1) is 29.0 Å². The largest absolute Gasteiger partial charge is 0.393 e. The number of carbonyl (C=O) groups is 1. The summed E-state index contributed by atoms with van der Waals surface area (Å²) in [7, 11) is 0. The van der Waals surface area contributed by atoms with E-state index in [9.17, 15) is 15.0 Å². The lowest BCUT2D eigenvalue weighted by Gasteiger charge is -2.26. The molecule has 10 nitrogen and oxygen atoms in total. The fourth-order valence-electron chi connectivity index (χ4n) is 4.58. The van der Waals surface area contributed by atoms with E-state index in [1.807, 2.05) is 47.0 Å². The zero-order chi connectivity index (χ0) is 25.8. The molecule has 5 N–H and O–H groups in total. The number of benzene rings is 2. The first-order chi connectivity index (χ1) is 18.0. The number of anilines is 2. The van der Waals surface area contributed by atoms with Crippen molar-refractivity contribution in [2.75, 3.05) is 10.6 Å². The van der Waals surface area contributed by atoms with Crippen molar-refractivity contribution in [3.8, 4) is 5.69 Å². The van der Waals surface area contributed by atoms with Gasteiger partial charge in [-0.05, 0) is 67.7 Å². The molecule has 0 bridgehead atoms. The van der Waals surface area contributed by atoms with Crippen molar-refractivity contribution < 1.29 is 19.5 Å². The number of aromatic nitrogens is 3.